The highest BCUT2D eigenvalue weighted by atomic mass is 16.6. The topological polar surface area (TPSA) is 61.4 Å². The summed E-state index contributed by atoms with van der Waals surface area (Å²) in [7, 11) is 0. The van der Waals surface area contributed by atoms with E-state index >= 15 is 0 Å². The molecule has 17 heavy (non-hydrogen) atoms. The molecule has 0 aliphatic heterocycles. The van der Waals surface area contributed by atoms with E-state index < -0.39 is 16.3 Å². The Morgan fingerprint density at radius 3 is 2.18 bits per heavy atom. The van der Waals surface area contributed by atoms with Crippen LogP contribution in [0, 0.1) is 5.21 Å². The fourth-order valence-corrected chi connectivity index (χ4v) is 1.30. The maximum Gasteiger partial charge on any atom is 0.408 e. The second-order valence-electron chi connectivity index (χ2n) is 4.94. The highest BCUT2D eigenvalue weighted by molar-refractivity contribution is 5.67. The Morgan fingerprint density at radius 2 is 1.82 bits per heavy atom. The quantitative estimate of drug-likeness (QED) is 0.596. The van der Waals surface area contributed by atoms with E-state index in [1.54, 1.807) is 34.6 Å². The van der Waals surface area contributed by atoms with Crippen LogP contribution in [-0.4, -0.2) is 36.0 Å². The van der Waals surface area contributed by atoms with Gasteiger partial charge in [0.05, 0.1) is 19.6 Å². The van der Waals surface area contributed by atoms with E-state index in [4.69, 9.17) is 4.74 Å². The van der Waals surface area contributed by atoms with Crippen LogP contribution in [0.25, 0.3) is 0 Å². The van der Waals surface area contributed by atoms with Crippen molar-refractivity contribution < 1.29 is 14.2 Å². The molecule has 0 bridgehead atoms. The van der Waals surface area contributed by atoms with Crippen molar-refractivity contribution in [3.63, 3.8) is 0 Å². The molecule has 5 heteroatoms. The number of hydrogen-bond donors (Lipinski definition) is 1. The molecule has 0 aliphatic rings. The number of amides is 1. The number of quaternary nitrogens is 1. The van der Waals surface area contributed by atoms with Crippen LogP contribution < -0.4 is 5.32 Å². The van der Waals surface area contributed by atoms with Gasteiger partial charge in [0.25, 0.3) is 0 Å². The van der Waals surface area contributed by atoms with E-state index in [9.17, 15) is 10.0 Å². The first kappa shape index (κ1) is 15.9. The summed E-state index contributed by atoms with van der Waals surface area (Å²) < 4.78 is 4.58. The van der Waals surface area contributed by atoms with Crippen molar-refractivity contribution >= 4 is 6.09 Å². The Morgan fingerprint density at radius 1 is 1.35 bits per heavy atom. The molecule has 0 aromatic heterocycles. The summed E-state index contributed by atoms with van der Waals surface area (Å²) >= 11 is 0. The maximum absolute atomic E-state index is 12.1. The Kier molecular flexibility index (Phi) is 5.64. The number of carbonyl (C=O) groups excluding carboxylic acids is 1. The lowest BCUT2D eigenvalue weighted by Crippen LogP contribution is -2.45. The minimum atomic E-state index is -0.537. The molecular weight excluding hydrogens is 220 g/mol. The van der Waals surface area contributed by atoms with Crippen molar-refractivity contribution in [3.8, 4) is 0 Å². The summed E-state index contributed by atoms with van der Waals surface area (Å²) in [5, 5.41) is 14.6. The van der Waals surface area contributed by atoms with Gasteiger partial charge in [-0.3, -0.25) is 0 Å². The molecule has 0 aliphatic carbocycles. The Balaban J connectivity index is 4.21. The van der Waals surface area contributed by atoms with Gasteiger partial charge >= 0.3 is 6.09 Å². The van der Waals surface area contributed by atoms with E-state index in [0.29, 0.717) is 18.8 Å². The second-order valence-corrected chi connectivity index (χ2v) is 4.94. The molecule has 1 N–H and O–H groups in total. The Labute approximate surface area is 104 Å². The predicted octanol–water partition coefficient (Wildman–Crippen LogP) is 2.38. The van der Waals surface area contributed by atoms with Crippen LogP contribution >= 0.6 is 0 Å². The van der Waals surface area contributed by atoms with Crippen LogP contribution in [0.2, 0.25) is 0 Å². The average Bonchev–Trinajstić information content (AvgIpc) is 2.22. The zero-order valence-electron chi connectivity index (χ0n) is 11.5. The molecule has 0 aromatic rings. The molecule has 1 amide bonds. The number of likely N-dealkylation sites (N-methyl/N-ethyl adjacent to an activating group) is 1. The molecule has 0 aromatic carbocycles. The van der Waals surface area contributed by atoms with E-state index in [1.165, 1.54) is 0 Å². The summed E-state index contributed by atoms with van der Waals surface area (Å²) in [5.41, 5.74) is -0.106. The number of ether oxygens (including phenoxy) is 1. The number of hydrogen-bond acceptors (Lipinski definition) is 3. The molecule has 0 atom stereocenters. The molecule has 100 valence electrons. The minimum Gasteiger partial charge on any atom is -0.628 e. The van der Waals surface area contributed by atoms with Crippen molar-refractivity contribution in [3.05, 3.63) is 17.5 Å². The summed E-state index contributed by atoms with van der Waals surface area (Å²) in [5.74, 6) is 0. The van der Waals surface area contributed by atoms with Gasteiger partial charge in [0.1, 0.15) is 11.3 Å². The average molecular weight is 244 g/mol. The van der Waals surface area contributed by atoms with Crippen LogP contribution in [0.5, 0.6) is 0 Å². The van der Waals surface area contributed by atoms with Crippen molar-refractivity contribution in [2.45, 2.75) is 40.2 Å². The van der Waals surface area contributed by atoms with E-state index in [-0.39, 0.29) is 6.54 Å². The molecule has 0 heterocycles. The van der Waals surface area contributed by atoms with Crippen LogP contribution in [0.1, 0.15) is 34.6 Å². The standard InChI is InChI=1S/C12H24N2O3/c1-7-14(16,8-2)10(3)9-13-11(15)17-12(4,5)6/h3,7-9H2,1-2,4-6H3,(H,13,15). The van der Waals surface area contributed by atoms with Crippen molar-refractivity contribution in [1.29, 1.82) is 0 Å². The van der Waals surface area contributed by atoms with Gasteiger partial charge < -0.3 is 19.9 Å². The molecule has 0 saturated carbocycles. The lowest BCUT2D eigenvalue weighted by Gasteiger charge is -2.41. The number of nitrogens with zero attached hydrogens (tertiary/aromatic N) is 1. The van der Waals surface area contributed by atoms with Crippen LogP contribution in [0.3, 0.4) is 0 Å². The molecule has 0 rings (SSSR count). The Hall–Kier alpha value is -1.07. The van der Waals surface area contributed by atoms with Gasteiger partial charge in [0.2, 0.25) is 0 Å². The van der Waals surface area contributed by atoms with Crippen molar-refractivity contribution in [2.75, 3.05) is 19.6 Å². The molecule has 0 spiro atoms. The molecular formula is C12H24N2O3. The van der Waals surface area contributed by atoms with Gasteiger partial charge in [-0.2, -0.15) is 0 Å². The third kappa shape index (κ3) is 5.70. The minimum absolute atomic E-state index is 0.139. The van der Waals surface area contributed by atoms with Gasteiger partial charge in [-0.05, 0) is 41.2 Å². The number of carbonyl (C=O) groups is 1. The second kappa shape index (κ2) is 6.02. The third-order valence-corrected chi connectivity index (χ3v) is 2.43. The van der Waals surface area contributed by atoms with Crippen LogP contribution in [0.15, 0.2) is 12.3 Å². The zero-order chi connectivity index (χ0) is 13.7. The lowest BCUT2D eigenvalue weighted by molar-refractivity contribution is -0.838. The maximum atomic E-state index is 12.1. The van der Waals surface area contributed by atoms with Gasteiger partial charge in [-0.15, -0.1) is 0 Å². The van der Waals surface area contributed by atoms with Gasteiger partial charge in [-0.1, -0.05) is 0 Å². The van der Waals surface area contributed by atoms with Crippen molar-refractivity contribution in [1.82, 2.24) is 5.32 Å². The largest absolute Gasteiger partial charge is 0.628 e. The summed E-state index contributed by atoms with van der Waals surface area (Å²) in [6.07, 6.45) is -0.530. The fraction of sp³-hybridized carbons (Fsp3) is 0.750. The smallest absolute Gasteiger partial charge is 0.408 e. The van der Waals surface area contributed by atoms with Crippen molar-refractivity contribution in [2.24, 2.45) is 0 Å². The number of nitrogens with one attached hydrogen (secondary N) is 1. The first-order chi connectivity index (χ1) is 7.64. The Bertz CT molecular complexity index is 278. The first-order valence-electron chi connectivity index (χ1n) is 5.88. The van der Waals surface area contributed by atoms with Gasteiger partial charge in [0, 0.05) is 0 Å². The molecule has 5 nitrogen and oxygen atoms in total. The summed E-state index contributed by atoms with van der Waals surface area (Å²) in [6.45, 7) is 13.6. The van der Waals surface area contributed by atoms with Crippen LogP contribution in [0.4, 0.5) is 4.79 Å². The lowest BCUT2D eigenvalue weighted by atomic mass is 10.2. The monoisotopic (exact) mass is 244 g/mol. The number of hydroxylamine groups is 3. The van der Waals surface area contributed by atoms with E-state index in [2.05, 4.69) is 11.9 Å². The zero-order valence-corrected chi connectivity index (χ0v) is 11.5. The van der Waals surface area contributed by atoms with Gasteiger partial charge in [-0.25, -0.2) is 4.79 Å². The van der Waals surface area contributed by atoms with Gasteiger partial charge in [0.15, 0.2) is 0 Å². The normalized spacial score (nSPS) is 12.1. The predicted molar refractivity (Wildman–Crippen MR) is 68.1 cm³/mol. The molecule has 0 fully saturated rings. The summed E-state index contributed by atoms with van der Waals surface area (Å²) in [6, 6.07) is 0. The van der Waals surface area contributed by atoms with E-state index in [0.717, 1.165) is 0 Å². The highest BCUT2D eigenvalue weighted by Crippen LogP contribution is 2.13. The third-order valence-electron chi connectivity index (χ3n) is 2.43. The first-order valence-corrected chi connectivity index (χ1v) is 5.88. The fourth-order valence-electron chi connectivity index (χ4n) is 1.30. The molecule has 0 saturated heterocycles. The molecule has 0 unspecified atom stereocenters. The summed E-state index contributed by atoms with van der Waals surface area (Å²) in [4.78, 5) is 11.4. The molecule has 0 radical (unpaired) electrons. The van der Waals surface area contributed by atoms with E-state index in [1.807, 2.05) is 0 Å². The number of rotatable bonds is 5. The highest BCUT2D eigenvalue weighted by Gasteiger charge is 2.20. The SMILES string of the molecule is C=C(CNC(=O)OC(C)(C)C)[N+]([O-])(CC)CC. The number of alkyl carbamates (subject to hydrolysis) is 1. The van der Waals surface area contributed by atoms with Crippen LogP contribution in [-0.2, 0) is 4.74 Å².